The van der Waals surface area contributed by atoms with Crippen LogP contribution in [0.1, 0.15) is 31.2 Å². The third kappa shape index (κ3) is 4.30. The minimum atomic E-state index is -2.83. The van der Waals surface area contributed by atoms with Gasteiger partial charge < -0.3 is 5.32 Å². The van der Waals surface area contributed by atoms with Crippen LogP contribution in [-0.4, -0.2) is 33.0 Å². The van der Waals surface area contributed by atoms with Crippen LogP contribution < -0.4 is 5.32 Å². The Labute approximate surface area is 130 Å². The minimum absolute atomic E-state index is 0.235. The number of rotatable bonds is 6. The van der Waals surface area contributed by atoms with Gasteiger partial charge in [-0.2, -0.15) is 0 Å². The van der Waals surface area contributed by atoms with Crippen LogP contribution in [0.4, 0.5) is 0 Å². The monoisotopic (exact) mass is 359 g/mol. The van der Waals surface area contributed by atoms with Gasteiger partial charge in [0, 0.05) is 16.9 Å². The molecule has 5 heteroatoms. The van der Waals surface area contributed by atoms with Gasteiger partial charge in [-0.1, -0.05) is 35.0 Å². The maximum atomic E-state index is 11.7. The van der Waals surface area contributed by atoms with E-state index in [4.69, 9.17) is 0 Å². The molecule has 1 aliphatic rings. The van der Waals surface area contributed by atoms with Crippen LogP contribution in [-0.2, 0) is 9.84 Å². The van der Waals surface area contributed by atoms with E-state index in [1.807, 2.05) is 12.1 Å². The largest absolute Gasteiger partial charge is 0.316 e. The summed E-state index contributed by atoms with van der Waals surface area (Å²) in [5.41, 5.74) is 1.23. The smallest absolute Gasteiger partial charge is 0.150 e. The molecule has 0 spiro atoms. The van der Waals surface area contributed by atoms with Gasteiger partial charge in [0.05, 0.1) is 11.5 Å². The second-order valence-corrected chi connectivity index (χ2v) is 8.67. The molecule has 3 nitrogen and oxygen atoms in total. The molecule has 2 unspecified atom stereocenters. The number of benzene rings is 1. The molecular formula is C15H22BrNO2S. The van der Waals surface area contributed by atoms with Crippen LogP contribution in [0.15, 0.2) is 28.7 Å². The lowest BCUT2D eigenvalue weighted by molar-refractivity contribution is 0.438. The summed E-state index contributed by atoms with van der Waals surface area (Å²) < 4.78 is 24.5. The normalized spacial score (nSPS) is 22.8. The van der Waals surface area contributed by atoms with Gasteiger partial charge in [-0.3, -0.25) is 0 Å². The fourth-order valence-corrected chi connectivity index (χ4v) is 5.17. The highest BCUT2D eigenvalue weighted by Crippen LogP contribution is 2.33. The summed E-state index contributed by atoms with van der Waals surface area (Å²) in [7, 11) is -2.83. The second kappa shape index (κ2) is 7.05. The molecule has 112 valence electrons. The molecule has 2 rings (SSSR count). The summed E-state index contributed by atoms with van der Waals surface area (Å²) in [6.07, 6.45) is 1.88. The van der Waals surface area contributed by atoms with Gasteiger partial charge in [0.2, 0.25) is 0 Å². The van der Waals surface area contributed by atoms with E-state index in [-0.39, 0.29) is 11.8 Å². The molecular weight excluding hydrogens is 338 g/mol. The van der Waals surface area contributed by atoms with Crippen molar-refractivity contribution >= 4 is 25.8 Å². The van der Waals surface area contributed by atoms with Crippen LogP contribution in [0.5, 0.6) is 0 Å². The van der Waals surface area contributed by atoms with Gasteiger partial charge in [0.1, 0.15) is 0 Å². The number of hydrogen-bond donors (Lipinski definition) is 1. The Morgan fingerprint density at radius 2 is 2.25 bits per heavy atom. The third-order valence-corrected chi connectivity index (χ3v) is 6.19. The van der Waals surface area contributed by atoms with Gasteiger partial charge >= 0.3 is 0 Å². The van der Waals surface area contributed by atoms with E-state index in [1.54, 1.807) is 0 Å². The topological polar surface area (TPSA) is 46.2 Å². The molecule has 1 N–H and O–H groups in total. The van der Waals surface area contributed by atoms with Crippen LogP contribution in [0.2, 0.25) is 0 Å². The van der Waals surface area contributed by atoms with E-state index in [0.29, 0.717) is 11.5 Å². The minimum Gasteiger partial charge on any atom is -0.316 e. The van der Waals surface area contributed by atoms with Crippen molar-refractivity contribution in [1.29, 1.82) is 0 Å². The summed E-state index contributed by atoms with van der Waals surface area (Å²) in [6, 6.07) is 8.25. The molecule has 1 aromatic carbocycles. The van der Waals surface area contributed by atoms with E-state index < -0.39 is 9.84 Å². The zero-order valence-corrected chi connectivity index (χ0v) is 14.2. The highest BCUT2D eigenvalue weighted by molar-refractivity contribution is 9.10. The maximum Gasteiger partial charge on any atom is 0.150 e. The lowest BCUT2D eigenvalue weighted by atomic mass is 9.85. The van der Waals surface area contributed by atoms with E-state index in [0.717, 1.165) is 30.4 Å². The highest BCUT2D eigenvalue weighted by atomic mass is 79.9. The fourth-order valence-electron chi connectivity index (χ4n) is 2.87. The highest BCUT2D eigenvalue weighted by Gasteiger charge is 2.34. The molecule has 0 amide bonds. The van der Waals surface area contributed by atoms with Crippen molar-refractivity contribution in [2.75, 3.05) is 24.6 Å². The fraction of sp³-hybridized carbons (Fsp3) is 0.600. The number of hydrogen-bond acceptors (Lipinski definition) is 3. The summed E-state index contributed by atoms with van der Waals surface area (Å²) in [5, 5.41) is 3.45. The first-order valence-corrected chi connectivity index (χ1v) is 9.80. The van der Waals surface area contributed by atoms with Crippen molar-refractivity contribution < 1.29 is 8.42 Å². The van der Waals surface area contributed by atoms with Crippen LogP contribution in [0.25, 0.3) is 0 Å². The van der Waals surface area contributed by atoms with Gasteiger partial charge in [-0.25, -0.2) is 8.42 Å². The van der Waals surface area contributed by atoms with Crippen molar-refractivity contribution in [2.24, 2.45) is 5.92 Å². The number of sulfone groups is 1. The quantitative estimate of drug-likeness (QED) is 0.794. The first-order chi connectivity index (χ1) is 9.52. The lowest BCUT2D eigenvalue weighted by Crippen LogP contribution is -2.28. The molecule has 2 atom stereocenters. The van der Waals surface area contributed by atoms with Crippen molar-refractivity contribution in [1.82, 2.24) is 5.32 Å². The van der Waals surface area contributed by atoms with Crippen LogP contribution >= 0.6 is 15.9 Å². The summed E-state index contributed by atoms with van der Waals surface area (Å²) in [5.74, 6) is 1.18. The molecule has 1 aromatic rings. The predicted molar refractivity (Wildman–Crippen MR) is 86.8 cm³/mol. The van der Waals surface area contributed by atoms with E-state index in [1.165, 1.54) is 5.56 Å². The number of nitrogens with one attached hydrogen (secondary N) is 1. The summed E-state index contributed by atoms with van der Waals surface area (Å²) >= 11 is 3.50. The molecule has 0 saturated carbocycles. The summed E-state index contributed by atoms with van der Waals surface area (Å²) in [4.78, 5) is 0. The molecule has 0 aliphatic carbocycles. The Morgan fingerprint density at radius 1 is 1.45 bits per heavy atom. The average Bonchev–Trinajstić information content (AvgIpc) is 2.75. The van der Waals surface area contributed by atoms with Crippen molar-refractivity contribution in [3.63, 3.8) is 0 Å². The van der Waals surface area contributed by atoms with Crippen LogP contribution in [0.3, 0.4) is 0 Å². The zero-order chi connectivity index (χ0) is 14.6. The Kier molecular flexibility index (Phi) is 5.64. The predicted octanol–water partition coefficient (Wildman–Crippen LogP) is 2.97. The maximum absolute atomic E-state index is 11.7. The molecule has 1 heterocycles. The van der Waals surface area contributed by atoms with Gasteiger partial charge in [-0.05, 0) is 43.0 Å². The summed E-state index contributed by atoms with van der Waals surface area (Å²) in [6.45, 7) is 3.97. The molecule has 1 saturated heterocycles. The standard InChI is InChI=1S/C15H22BrNO2S/c1-2-7-17-10-15(12-4-3-5-14(16)9-12)13-6-8-20(18,19)11-13/h3-5,9,13,15,17H,2,6-8,10-11H2,1H3. The van der Waals surface area contributed by atoms with E-state index >= 15 is 0 Å². The Bertz CT molecular complexity index is 545. The van der Waals surface area contributed by atoms with Crippen LogP contribution in [0, 0.1) is 5.92 Å². The van der Waals surface area contributed by atoms with Crippen molar-refractivity contribution in [2.45, 2.75) is 25.7 Å². The van der Waals surface area contributed by atoms with Gasteiger partial charge in [-0.15, -0.1) is 0 Å². The Hall–Kier alpha value is -0.390. The first-order valence-electron chi connectivity index (χ1n) is 7.18. The molecule has 0 aromatic heterocycles. The first kappa shape index (κ1) is 16.0. The Balaban J connectivity index is 2.16. The zero-order valence-electron chi connectivity index (χ0n) is 11.8. The third-order valence-electron chi connectivity index (χ3n) is 3.90. The molecule has 1 fully saturated rings. The lowest BCUT2D eigenvalue weighted by Gasteiger charge is -2.24. The molecule has 20 heavy (non-hydrogen) atoms. The van der Waals surface area contributed by atoms with Gasteiger partial charge in [0.15, 0.2) is 9.84 Å². The molecule has 0 radical (unpaired) electrons. The van der Waals surface area contributed by atoms with Crippen molar-refractivity contribution in [3.8, 4) is 0 Å². The Morgan fingerprint density at radius 3 is 2.85 bits per heavy atom. The van der Waals surface area contributed by atoms with E-state index in [9.17, 15) is 8.42 Å². The second-order valence-electron chi connectivity index (χ2n) is 5.53. The number of halogens is 1. The average molecular weight is 360 g/mol. The van der Waals surface area contributed by atoms with Gasteiger partial charge in [0.25, 0.3) is 0 Å². The SMILES string of the molecule is CCCNCC(c1cccc(Br)c1)C1CCS(=O)(=O)C1. The molecule has 1 aliphatic heterocycles. The van der Waals surface area contributed by atoms with E-state index in [2.05, 4.69) is 40.3 Å². The van der Waals surface area contributed by atoms with Crippen molar-refractivity contribution in [3.05, 3.63) is 34.3 Å². The molecule has 0 bridgehead atoms.